The highest BCUT2D eigenvalue weighted by molar-refractivity contribution is 7.89. The highest BCUT2D eigenvalue weighted by Crippen LogP contribution is 2.34. The van der Waals surface area contributed by atoms with Crippen molar-refractivity contribution in [1.82, 2.24) is 0 Å². The lowest BCUT2D eigenvalue weighted by atomic mass is 10.4. The van der Waals surface area contributed by atoms with E-state index >= 15 is 0 Å². The summed E-state index contributed by atoms with van der Waals surface area (Å²) in [6, 6.07) is 3.16. The van der Waals surface area contributed by atoms with Crippen molar-refractivity contribution in [1.29, 1.82) is 0 Å². The molecule has 1 rings (SSSR count). The number of halogens is 6. The second-order valence-corrected chi connectivity index (χ2v) is 5.76. The van der Waals surface area contributed by atoms with Crippen LogP contribution < -0.4 is 0 Å². The minimum absolute atomic E-state index is 0.600. The molecule has 0 radical (unpaired) electrons. The lowest BCUT2D eigenvalue weighted by Crippen LogP contribution is -2.21. The Morgan fingerprint density at radius 1 is 0.722 bits per heavy atom. The van der Waals surface area contributed by atoms with Gasteiger partial charge in [-0.15, -0.1) is 0 Å². The fourth-order valence-corrected chi connectivity index (χ4v) is 2.86. The third kappa shape index (κ3) is 3.31. The molecule has 2 atom stereocenters. The first kappa shape index (κ1) is 15.2. The van der Waals surface area contributed by atoms with Crippen molar-refractivity contribution in [2.75, 3.05) is 0 Å². The first-order valence-electron chi connectivity index (χ1n) is 4.11. The Balaban J connectivity index is 3.33. The zero-order valence-corrected chi connectivity index (χ0v) is 9.84. The van der Waals surface area contributed by atoms with Gasteiger partial charge < -0.3 is 0 Å². The van der Waals surface area contributed by atoms with Crippen molar-refractivity contribution in [2.24, 2.45) is 0 Å². The largest absolute Gasteiger partial charge is 0.475 e. The van der Waals surface area contributed by atoms with Gasteiger partial charge in [0.05, 0.1) is 9.79 Å². The van der Waals surface area contributed by atoms with Gasteiger partial charge in [0.25, 0.3) is 0 Å². The fraction of sp³-hybridized carbons (Fsp3) is 0.250. The molecule has 102 valence electrons. The van der Waals surface area contributed by atoms with Crippen molar-refractivity contribution < 1.29 is 34.8 Å². The SMILES string of the molecule is O=S(c1ccccc1S(=O)C(F)(F)F)C(F)(F)F. The van der Waals surface area contributed by atoms with E-state index in [1.807, 2.05) is 0 Å². The molecule has 2 unspecified atom stereocenters. The zero-order valence-electron chi connectivity index (χ0n) is 8.21. The highest BCUT2D eigenvalue weighted by atomic mass is 32.2. The molecular formula is C8H4F6O2S2. The van der Waals surface area contributed by atoms with Crippen LogP contribution in [0.3, 0.4) is 0 Å². The van der Waals surface area contributed by atoms with Gasteiger partial charge >= 0.3 is 11.0 Å². The average Bonchev–Trinajstić information content (AvgIpc) is 2.24. The van der Waals surface area contributed by atoms with Crippen LogP contribution in [0.15, 0.2) is 34.1 Å². The molecule has 0 saturated heterocycles. The highest BCUT2D eigenvalue weighted by Gasteiger charge is 2.44. The summed E-state index contributed by atoms with van der Waals surface area (Å²) in [6.45, 7) is 0. The minimum atomic E-state index is -5.22. The van der Waals surface area contributed by atoms with Crippen LogP contribution in [-0.4, -0.2) is 19.4 Å². The first-order valence-corrected chi connectivity index (χ1v) is 6.41. The molecule has 0 spiro atoms. The molecule has 18 heavy (non-hydrogen) atoms. The molecule has 0 aromatic heterocycles. The Morgan fingerprint density at radius 2 is 1.00 bits per heavy atom. The van der Waals surface area contributed by atoms with E-state index in [2.05, 4.69) is 0 Å². The van der Waals surface area contributed by atoms with E-state index in [0.717, 1.165) is 12.1 Å². The van der Waals surface area contributed by atoms with Gasteiger partial charge in [0.1, 0.15) is 0 Å². The average molecular weight is 310 g/mol. The number of rotatable bonds is 2. The van der Waals surface area contributed by atoms with Crippen LogP contribution in [0.1, 0.15) is 0 Å². The first-order chi connectivity index (χ1) is 8.05. The predicted molar refractivity (Wildman–Crippen MR) is 51.4 cm³/mol. The molecule has 0 heterocycles. The molecule has 0 saturated carbocycles. The maximum Gasteiger partial charge on any atom is 0.475 e. The molecule has 0 aliphatic rings. The van der Waals surface area contributed by atoms with Gasteiger partial charge in [-0.25, -0.2) is 8.42 Å². The summed E-state index contributed by atoms with van der Waals surface area (Å²) in [5.74, 6) is 0. The van der Waals surface area contributed by atoms with Crippen LogP contribution in [0.4, 0.5) is 26.3 Å². The van der Waals surface area contributed by atoms with Gasteiger partial charge in [0, 0.05) is 0 Å². The summed E-state index contributed by atoms with van der Waals surface area (Å²) in [4.78, 5) is -2.30. The van der Waals surface area contributed by atoms with E-state index in [4.69, 9.17) is 0 Å². The van der Waals surface area contributed by atoms with Crippen molar-refractivity contribution >= 4 is 21.6 Å². The minimum Gasteiger partial charge on any atom is -0.245 e. The lowest BCUT2D eigenvalue weighted by Gasteiger charge is -2.12. The molecule has 0 fully saturated rings. The molecule has 0 bridgehead atoms. The molecule has 10 heteroatoms. The van der Waals surface area contributed by atoms with Crippen molar-refractivity contribution in [2.45, 2.75) is 20.8 Å². The van der Waals surface area contributed by atoms with Crippen LogP contribution in [0, 0.1) is 0 Å². The number of hydrogen-bond acceptors (Lipinski definition) is 2. The van der Waals surface area contributed by atoms with Crippen molar-refractivity contribution in [3.63, 3.8) is 0 Å². The summed E-state index contributed by atoms with van der Waals surface area (Å²) < 4.78 is 95.2. The van der Waals surface area contributed by atoms with Gasteiger partial charge in [-0.2, -0.15) is 26.3 Å². The smallest absolute Gasteiger partial charge is 0.245 e. The van der Waals surface area contributed by atoms with Gasteiger partial charge in [-0.05, 0) is 12.1 Å². The maximum absolute atomic E-state index is 12.2. The zero-order chi connectivity index (χ0) is 14.1. The molecule has 1 aromatic rings. The summed E-state index contributed by atoms with van der Waals surface area (Å²) in [5, 5.41) is 0. The van der Waals surface area contributed by atoms with Crippen LogP contribution in [0.2, 0.25) is 0 Å². The van der Waals surface area contributed by atoms with Gasteiger partial charge in [-0.1, -0.05) is 12.1 Å². The topological polar surface area (TPSA) is 34.1 Å². The van der Waals surface area contributed by atoms with Crippen LogP contribution in [0.25, 0.3) is 0 Å². The summed E-state index contributed by atoms with van der Waals surface area (Å²) >= 11 is 0. The normalized spacial score (nSPS) is 16.3. The Labute approximate surface area is 102 Å². The molecule has 0 aliphatic carbocycles. The van der Waals surface area contributed by atoms with E-state index in [9.17, 15) is 34.8 Å². The number of alkyl halides is 6. The van der Waals surface area contributed by atoms with E-state index in [-0.39, 0.29) is 0 Å². The van der Waals surface area contributed by atoms with Crippen LogP contribution in [-0.2, 0) is 21.6 Å². The van der Waals surface area contributed by atoms with E-state index < -0.39 is 42.4 Å². The monoisotopic (exact) mass is 310 g/mol. The van der Waals surface area contributed by atoms with Crippen LogP contribution >= 0.6 is 0 Å². The third-order valence-corrected chi connectivity index (χ3v) is 4.15. The lowest BCUT2D eigenvalue weighted by molar-refractivity contribution is -0.0404. The fourth-order valence-electron chi connectivity index (χ4n) is 1.01. The Bertz CT molecular complexity index is 448. The molecule has 2 nitrogen and oxygen atoms in total. The quantitative estimate of drug-likeness (QED) is 0.787. The van der Waals surface area contributed by atoms with E-state index in [1.165, 1.54) is 0 Å². The summed E-state index contributed by atoms with van der Waals surface area (Å²) in [6.07, 6.45) is 0. The molecular weight excluding hydrogens is 306 g/mol. The van der Waals surface area contributed by atoms with E-state index in [0.29, 0.717) is 12.1 Å². The molecule has 0 aliphatic heterocycles. The number of hydrogen-bond donors (Lipinski definition) is 0. The maximum atomic E-state index is 12.2. The summed E-state index contributed by atoms with van der Waals surface area (Å²) in [7, 11) is -7.32. The van der Waals surface area contributed by atoms with Crippen molar-refractivity contribution in [3.05, 3.63) is 24.3 Å². The molecule has 0 N–H and O–H groups in total. The second kappa shape index (κ2) is 5.00. The molecule has 0 amide bonds. The summed E-state index contributed by atoms with van der Waals surface area (Å²) in [5.41, 5.74) is -10.4. The van der Waals surface area contributed by atoms with Gasteiger partial charge in [-0.3, -0.25) is 0 Å². The van der Waals surface area contributed by atoms with Gasteiger partial charge in [0.15, 0.2) is 21.6 Å². The Kier molecular flexibility index (Phi) is 4.21. The predicted octanol–water partition coefficient (Wildman–Crippen LogP) is 2.94. The second-order valence-electron chi connectivity index (χ2n) is 2.88. The standard InChI is InChI=1S/C8H4F6O2S2/c9-7(10,11)17(15)5-3-1-2-4-6(5)18(16)8(12,13)14/h1-4H. The third-order valence-electron chi connectivity index (χ3n) is 1.67. The number of benzene rings is 1. The Morgan fingerprint density at radius 3 is 1.22 bits per heavy atom. The van der Waals surface area contributed by atoms with Crippen molar-refractivity contribution in [3.8, 4) is 0 Å². The molecule has 1 aromatic carbocycles. The van der Waals surface area contributed by atoms with E-state index in [1.54, 1.807) is 0 Å². The Hall–Kier alpha value is -0.900. The van der Waals surface area contributed by atoms with Crippen LogP contribution in [0.5, 0.6) is 0 Å². The van der Waals surface area contributed by atoms with Gasteiger partial charge in [0.2, 0.25) is 0 Å².